The number of hydrogen-bond donors (Lipinski definition) is 0. The second-order valence-electron chi connectivity index (χ2n) is 6.46. The largest absolute Gasteiger partial charge is 0.398 e. The lowest BCUT2D eigenvalue weighted by molar-refractivity contribution is -0.180. The minimum Gasteiger partial charge on any atom is -0.398 e. The SMILES string of the molecule is CON1C(=O)CC(S(=O)(=O)OC)C1=O.CON1C(=O)CCC1=O.COn1nnc2ccccc21. The van der Waals surface area contributed by atoms with Gasteiger partial charge >= 0.3 is 0 Å². The van der Waals surface area contributed by atoms with Gasteiger partial charge < -0.3 is 4.84 Å². The molecule has 1 aromatic heterocycles. The summed E-state index contributed by atoms with van der Waals surface area (Å²) < 4.78 is 26.4. The molecule has 4 rings (SSSR count). The molecular formula is C18H23N5O10S. The van der Waals surface area contributed by atoms with E-state index in [0.29, 0.717) is 5.06 Å². The number of carbonyl (C=O) groups excluding carboxylic acids is 4. The molecule has 34 heavy (non-hydrogen) atoms. The maximum absolute atomic E-state index is 11.3. The second-order valence-corrected chi connectivity index (χ2v) is 8.35. The summed E-state index contributed by atoms with van der Waals surface area (Å²) in [4.78, 5) is 58.7. The molecule has 0 spiro atoms. The average Bonchev–Trinajstić information content (AvgIpc) is 3.49. The van der Waals surface area contributed by atoms with E-state index >= 15 is 0 Å². The number of amides is 4. The van der Waals surface area contributed by atoms with E-state index in [-0.39, 0.29) is 24.7 Å². The van der Waals surface area contributed by atoms with Gasteiger partial charge in [-0.2, -0.15) is 18.5 Å². The Labute approximate surface area is 194 Å². The topological polar surface area (TPSA) is 177 Å². The normalized spacial score (nSPS) is 18.1. The molecule has 0 saturated carbocycles. The van der Waals surface area contributed by atoms with Crippen molar-refractivity contribution in [2.75, 3.05) is 28.4 Å². The van der Waals surface area contributed by atoms with Crippen molar-refractivity contribution >= 4 is 44.8 Å². The summed E-state index contributed by atoms with van der Waals surface area (Å²) >= 11 is 0. The van der Waals surface area contributed by atoms with Crippen molar-refractivity contribution in [2.45, 2.75) is 24.5 Å². The van der Waals surface area contributed by atoms with E-state index in [4.69, 9.17) is 4.84 Å². The molecule has 1 atom stereocenters. The number of hydrogen-bond acceptors (Lipinski definition) is 12. The molecule has 3 heterocycles. The minimum atomic E-state index is -4.02. The molecule has 4 amide bonds. The van der Waals surface area contributed by atoms with E-state index in [2.05, 4.69) is 24.2 Å². The number of benzene rings is 1. The molecule has 0 radical (unpaired) electrons. The Bertz CT molecular complexity index is 1150. The van der Waals surface area contributed by atoms with Crippen LogP contribution in [0.15, 0.2) is 24.3 Å². The first-order valence-corrected chi connectivity index (χ1v) is 11.0. The Morgan fingerprint density at radius 3 is 1.91 bits per heavy atom. The highest BCUT2D eigenvalue weighted by atomic mass is 32.2. The first-order chi connectivity index (χ1) is 16.1. The molecule has 2 aromatic rings. The lowest BCUT2D eigenvalue weighted by Crippen LogP contribution is -2.34. The van der Waals surface area contributed by atoms with Crippen molar-refractivity contribution in [3.8, 4) is 0 Å². The quantitative estimate of drug-likeness (QED) is 0.355. The number of nitrogens with zero attached hydrogens (tertiary/aromatic N) is 5. The van der Waals surface area contributed by atoms with Gasteiger partial charge in [0.1, 0.15) is 18.1 Å². The zero-order valence-corrected chi connectivity index (χ0v) is 19.6. The third kappa shape index (κ3) is 5.90. The minimum absolute atomic E-state index is 0.248. The van der Waals surface area contributed by atoms with Crippen molar-refractivity contribution in [1.82, 2.24) is 25.3 Å². The summed E-state index contributed by atoms with van der Waals surface area (Å²) in [6, 6.07) is 7.62. The fourth-order valence-electron chi connectivity index (χ4n) is 2.86. The first kappa shape index (κ1) is 26.8. The lowest BCUT2D eigenvalue weighted by atomic mass is 10.3. The van der Waals surface area contributed by atoms with Crippen LogP contribution in [-0.4, -0.2) is 91.0 Å². The number of hydroxylamine groups is 4. The van der Waals surface area contributed by atoms with Gasteiger partial charge in [-0.05, 0) is 17.3 Å². The Hall–Kier alpha value is -3.47. The van der Waals surface area contributed by atoms with Gasteiger partial charge in [-0.1, -0.05) is 17.0 Å². The van der Waals surface area contributed by atoms with Gasteiger partial charge in [0.2, 0.25) is 0 Å². The molecular weight excluding hydrogens is 478 g/mol. The van der Waals surface area contributed by atoms with Gasteiger partial charge in [-0.15, -0.1) is 5.10 Å². The summed E-state index contributed by atoms with van der Waals surface area (Å²) in [5, 5.41) is 7.36. The molecule has 2 fully saturated rings. The molecule has 2 aliphatic rings. The Kier molecular flexibility index (Phi) is 9.13. The van der Waals surface area contributed by atoms with Crippen LogP contribution in [0.1, 0.15) is 19.3 Å². The van der Waals surface area contributed by atoms with Crippen molar-refractivity contribution < 1.29 is 46.3 Å². The van der Waals surface area contributed by atoms with Crippen molar-refractivity contribution in [3.05, 3.63) is 24.3 Å². The van der Waals surface area contributed by atoms with E-state index in [9.17, 15) is 27.6 Å². The number of carbonyl (C=O) groups is 4. The van der Waals surface area contributed by atoms with Crippen LogP contribution in [0.3, 0.4) is 0 Å². The monoisotopic (exact) mass is 501 g/mol. The number of aromatic nitrogens is 3. The second kappa shape index (κ2) is 11.6. The fourth-order valence-corrected chi connectivity index (χ4v) is 3.78. The van der Waals surface area contributed by atoms with Crippen LogP contribution in [0, 0.1) is 0 Å². The van der Waals surface area contributed by atoms with E-state index in [1.54, 1.807) is 7.11 Å². The molecule has 16 heteroatoms. The maximum atomic E-state index is 11.3. The predicted octanol–water partition coefficient (Wildman–Crippen LogP) is -1.16. The van der Waals surface area contributed by atoms with Crippen LogP contribution in [-0.2, 0) is 43.2 Å². The zero-order chi connectivity index (χ0) is 25.5. The Morgan fingerprint density at radius 2 is 1.44 bits per heavy atom. The van der Waals surface area contributed by atoms with Crippen LogP contribution >= 0.6 is 0 Å². The van der Waals surface area contributed by atoms with Gasteiger partial charge in [-0.3, -0.25) is 33.0 Å². The third-order valence-electron chi connectivity index (χ3n) is 4.51. The highest BCUT2D eigenvalue weighted by Gasteiger charge is 2.47. The van der Waals surface area contributed by atoms with Crippen molar-refractivity contribution in [1.29, 1.82) is 0 Å². The molecule has 0 N–H and O–H groups in total. The van der Waals surface area contributed by atoms with Crippen LogP contribution < -0.4 is 4.84 Å². The predicted molar refractivity (Wildman–Crippen MR) is 111 cm³/mol. The van der Waals surface area contributed by atoms with Crippen molar-refractivity contribution in [3.63, 3.8) is 0 Å². The maximum Gasteiger partial charge on any atom is 0.279 e. The molecule has 0 aliphatic carbocycles. The smallest absolute Gasteiger partial charge is 0.279 e. The van der Waals surface area contributed by atoms with Crippen LogP contribution in [0.25, 0.3) is 11.0 Å². The molecule has 2 aliphatic heterocycles. The van der Waals surface area contributed by atoms with E-state index in [0.717, 1.165) is 30.3 Å². The summed E-state index contributed by atoms with van der Waals surface area (Å²) in [5.41, 5.74) is 1.73. The molecule has 1 unspecified atom stereocenters. The Balaban J connectivity index is 0.000000185. The third-order valence-corrected chi connectivity index (χ3v) is 6.04. The highest BCUT2D eigenvalue weighted by molar-refractivity contribution is 7.88. The highest BCUT2D eigenvalue weighted by Crippen LogP contribution is 2.20. The molecule has 186 valence electrons. The summed E-state index contributed by atoms with van der Waals surface area (Å²) in [5.74, 6) is -2.10. The molecule has 1 aromatic carbocycles. The standard InChI is InChI=1S/C7H7N3O.C6H9NO6S.C5H7NO3/c1-11-10-7-5-3-2-4-6(7)8-9-10;1-12-7-5(8)3-4(6(7)9)14(10,11)13-2;1-9-6-4(7)2-3-5(6)8/h2-5H,1H3;4H,3H2,1-2H3;2-3H2,1H3. The van der Waals surface area contributed by atoms with E-state index < -0.39 is 33.6 Å². The average molecular weight is 501 g/mol. The van der Waals surface area contributed by atoms with Crippen molar-refractivity contribution in [2.24, 2.45) is 0 Å². The first-order valence-electron chi connectivity index (χ1n) is 9.56. The van der Waals surface area contributed by atoms with Gasteiger partial charge in [0.15, 0.2) is 5.25 Å². The zero-order valence-electron chi connectivity index (χ0n) is 18.7. The van der Waals surface area contributed by atoms with Gasteiger partial charge in [0.05, 0.1) is 27.8 Å². The molecule has 2 saturated heterocycles. The number of rotatable bonds is 5. The van der Waals surface area contributed by atoms with E-state index in [1.165, 1.54) is 12.0 Å². The summed E-state index contributed by atoms with van der Waals surface area (Å²) in [6.07, 6.45) is 0.127. The Morgan fingerprint density at radius 1 is 0.853 bits per heavy atom. The summed E-state index contributed by atoms with van der Waals surface area (Å²) in [6.45, 7) is 0. The fraction of sp³-hybridized carbons (Fsp3) is 0.444. The molecule has 0 bridgehead atoms. The number of para-hydroxylation sites is 1. The number of imide groups is 2. The van der Waals surface area contributed by atoms with Gasteiger partial charge in [0.25, 0.3) is 33.7 Å². The van der Waals surface area contributed by atoms with Crippen LogP contribution in [0.4, 0.5) is 0 Å². The van der Waals surface area contributed by atoms with Crippen LogP contribution in [0.5, 0.6) is 0 Å². The van der Waals surface area contributed by atoms with E-state index in [1.807, 2.05) is 24.3 Å². The number of fused-ring (bicyclic) bond motifs is 1. The van der Waals surface area contributed by atoms with Gasteiger partial charge in [-0.25, -0.2) is 0 Å². The summed E-state index contributed by atoms with van der Waals surface area (Å²) in [7, 11) is 0.890. The molecule has 15 nitrogen and oxygen atoms in total. The lowest BCUT2D eigenvalue weighted by Gasteiger charge is -2.10. The van der Waals surface area contributed by atoms with Gasteiger partial charge in [0, 0.05) is 12.8 Å². The van der Waals surface area contributed by atoms with Crippen LogP contribution in [0.2, 0.25) is 0 Å².